The number of ether oxygens (including phenoxy) is 1. The number of methoxy groups -OCH3 is 1. The first kappa shape index (κ1) is 15.4. The summed E-state index contributed by atoms with van der Waals surface area (Å²) in [6.07, 6.45) is 0.755. The third kappa shape index (κ3) is 3.21. The van der Waals surface area contributed by atoms with Crippen molar-refractivity contribution in [2.75, 3.05) is 7.11 Å². The molecule has 0 fully saturated rings. The Balaban J connectivity index is 2.29. The minimum absolute atomic E-state index is 0.0449. The fourth-order valence-electron chi connectivity index (χ4n) is 2.23. The van der Waals surface area contributed by atoms with Crippen LogP contribution >= 0.6 is 0 Å². The molecule has 0 radical (unpaired) electrons. The van der Waals surface area contributed by atoms with E-state index >= 15 is 0 Å². The molecule has 21 heavy (non-hydrogen) atoms. The van der Waals surface area contributed by atoms with Gasteiger partial charge in [0.2, 0.25) is 0 Å². The highest BCUT2D eigenvalue weighted by atomic mass is 19.2. The largest absolute Gasteiger partial charge is 0.493 e. The number of benzene rings is 1. The summed E-state index contributed by atoms with van der Waals surface area (Å²) in [6.45, 7) is 3.86. The summed E-state index contributed by atoms with van der Waals surface area (Å²) in [6, 6.07) is 3.63. The fraction of sp³-hybridized carbons (Fsp3) is 0.400. The van der Waals surface area contributed by atoms with Gasteiger partial charge < -0.3 is 9.84 Å². The van der Waals surface area contributed by atoms with E-state index in [9.17, 15) is 13.9 Å². The van der Waals surface area contributed by atoms with Crippen LogP contribution in [0.4, 0.5) is 8.78 Å². The number of hydrogen-bond donors (Lipinski definition) is 1. The van der Waals surface area contributed by atoms with Gasteiger partial charge in [-0.15, -0.1) is 0 Å². The average Bonchev–Trinajstić information content (AvgIpc) is 2.87. The Morgan fingerprint density at radius 3 is 2.57 bits per heavy atom. The molecule has 0 aliphatic rings. The van der Waals surface area contributed by atoms with Gasteiger partial charge in [-0.3, -0.25) is 4.68 Å². The van der Waals surface area contributed by atoms with Gasteiger partial charge >= 0.3 is 0 Å². The zero-order valence-corrected chi connectivity index (χ0v) is 12.2. The van der Waals surface area contributed by atoms with Crippen molar-refractivity contribution < 1.29 is 18.6 Å². The molecule has 0 aliphatic heterocycles. The van der Waals surface area contributed by atoms with Gasteiger partial charge in [0.15, 0.2) is 17.4 Å². The lowest BCUT2D eigenvalue weighted by Gasteiger charge is -2.17. The van der Waals surface area contributed by atoms with Crippen LogP contribution in [0.2, 0.25) is 0 Å². The first-order chi connectivity index (χ1) is 9.93. The lowest BCUT2D eigenvalue weighted by molar-refractivity contribution is 0.160. The smallest absolute Gasteiger partial charge is 0.162 e. The molecule has 1 N–H and O–H groups in total. The Bertz CT molecular complexity index is 626. The number of aliphatic hydroxyl groups is 1. The summed E-state index contributed by atoms with van der Waals surface area (Å²) in [5.41, 5.74) is 1.03. The van der Waals surface area contributed by atoms with Crippen LogP contribution in [0.3, 0.4) is 0 Å². The average molecular weight is 296 g/mol. The molecule has 4 nitrogen and oxygen atoms in total. The Morgan fingerprint density at radius 2 is 2.00 bits per heavy atom. The van der Waals surface area contributed by atoms with E-state index in [1.807, 2.05) is 13.8 Å². The third-order valence-electron chi connectivity index (χ3n) is 3.24. The number of hydrogen-bond acceptors (Lipinski definition) is 3. The summed E-state index contributed by atoms with van der Waals surface area (Å²) in [4.78, 5) is 0. The van der Waals surface area contributed by atoms with Crippen molar-refractivity contribution in [1.82, 2.24) is 9.78 Å². The van der Waals surface area contributed by atoms with Crippen molar-refractivity contribution in [3.63, 3.8) is 0 Å². The van der Waals surface area contributed by atoms with Crippen LogP contribution < -0.4 is 4.74 Å². The van der Waals surface area contributed by atoms with Crippen molar-refractivity contribution >= 4 is 0 Å². The van der Waals surface area contributed by atoms with Crippen molar-refractivity contribution in [2.24, 2.45) is 0 Å². The molecule has 1 aromatic carbocycles. The molecule has 114 valence electrons. The van der Waals surface area contributed by atoms with Gasteiger partial charge in [-0.1, -0.05) is 6.07 Å². The molecular formula is C15H18F2N2O2. The van der Waals surface area contributed by atoms with E-state index in [1.54, 1.807) is 4.68 Å². The normalized spacial score (nSPS) is 12.7. The lowest BCUT2D eigenvalue weighted by Crippen LogP contribution is -2.14. The monoisotopic (exact) mass is 296 g/mol. The van der Waals surface area contributed by atoms with Gasteiger partial charge in [-0.25, -0.2) is 8.78 Å². The number of aromatic nitrogens is 2. The number of aliphatic hydroxyl groups excluding tert-OH is 1. The van der Waals surface area contributed by atoms with Crippen molar-refractivity contribution in [2.45, 2.75) is 32.4 Å². The quantitative estimate of drug-likeness (QED) is 0.922. The summed E-state index contributed by atoms with van der Waals surface area (Å²) >= 11 is 0. The minimum Gasteiger partial charge on any atom is -0.493 e. The van der Waals surface area contributed by atoms with E-state index in [0.717, 1.165) is 12.1 Å². The molecule has 0 saturated heterocycles. The van der Waals surface area contributed by atoms with E-state index in [0.29, 0.717) is 17.0 Å². The topological polar surface area (TPSA) is 47.3 Å². The molecule has 1 heterocycles. The maximum absolute atomic E-state index is 13.2. The number of rotatable bonds is 5. The second-order valence-electron chi connectivity index (χ2n) is 5.10. The van der Waals surface area contributed by atoms with E-state index < -0.39 is 17.7 Å². The lowest BCUT2D eigenvalue weighted by atomic mass is 10.0. The highest BCUT2D eigenvalue weighted by Crippen LogP contribution is 2.29. The Morgan fingerprint density at radius 1 is 1.29 bits per heavy atom. The Hall–Kier alpha value is -1.95. The van der Waals surface area contributed by atoms with E-state index in [4.69, 9.17) is 4.74 Å². The minimum atomic E-state index is -0.927. The van der Waals surface area contributed by atoms with Crippen LogP contribution in [-0.2, 0) is 6.42 Å². The third-order valence-corrected chi connectivity index (χ3v) is 3.24. The molecule has 0 amide bonds. The maximum atomic E-state index is 13.2. The molecule has 1 aromatic heterocycles. The highest BCUT2D eigenvalue weighted by Gasteiger charge is 2.22. The second kappa shape index (κ2) is 6.22. The molecule has 2 rings (SSSR count). The fourth-order valence-corrected chi connectivity index (χ4v) is 2.23. The molecule has 2 aromatic rings. The molecule has 1 atom stereocenters. The van der Waals surface area contributed by atoms with E-state index in [1.165, 1.54) is 19.4 Å². The predicted octanol–water partition coefficient (Wildman–Crippen LogP) is 3.03. The zero-order chi connectivity index (χ0) is 15.6. The highest BCUT2D eigenvalue weighted by molar-refractivity contribution is 5.30. The predicted molar refractivity (Wildman–Crippen MR) is 74.2 cm³/mol. The molecular weight excluding hydrogens is 278 g/mol. The molecule has 0 bridgehead atoms. The van der Waals surface area contributed by atoms with Crippen molar-refractivity contribution in [3.8, 4) is 5.75 Å². The molecule has 0 spiro atoms. The van der Waals surface area contributed by atoms with Crippen LogP contribution in [0.15, 0.2) is 24.4 Å². The van der Waals surface area contributed by atoms with Crippen LogP contribution in [0, 0.1) is 11.6 Å². The molecule has 6 heteroatoms. The van der Waals surface area contributed by atoms with E-state index in [2.05, 4.69) is 5.10 Å². The van der Waals surface area contributed by atoms with Gasteiger partial charge in [0.1, 0.15) is 11.8 Å². The summed E-state index contributed by atoms with van der Waals surface area (Å²) in [7, 11) is 1.50. The Labute approximate surface area is 122 Å². The van der Waals surface area contributed by atoms with Crippen LogP contribution in [0.5, 0.6) is 5.75 Å². The first-order valence-corrected chi connectivity index (χ1v) is 6.67. The number of halogens is 2. The zero-order valence-electron chi connectivity index (χ0n) is 12.2. The van der Waals surface area contributed by atoms with Crippen LogP contribution in [0.1, 0.15) is 37.3 Å². The maximum Gasteiger partial charge on any atom is 0.162 e. The summed E-state index contributed by atoms with van der Waals surface area (Å²) in [5.74, 6) is -1.36. The molecule has 1 unspecified atom stereocenters. The SMILES string of the molecule is COc1cnn(C(C)C)c1C(O)Cc1ccc(F)c(F)c1. The van der Waals surface area contributed by atoms with Crippen molar-refractivity contribution in [3.05, 3.63) is 47.3 Å². The van der Waals surface area contributed by atoms with Gasteiger partial charge in [0.25, 0.3) is 0 Å². The Kier molecular flexibility index (Phi) is 4.57. The van der Waals surface area contributed by atoms with Crippen LogP contribution in [-0.4, -0.2) is 22.0 Å². The van der Waals surface area contributed by atoms with E-state index in [-0.39, 0.29) is 12.5 Å². The second-order valence-corrected chi connectivity index (χ2v) is 5.10. The first-order valence-electron chi connectivity index (χ1n) is 6.67. The van der Waals surface area contributed by atoms with Crippen LogP contribution in [0.25, 0.3) is 0 Å². The van der Waals surface area contributed by atoms with Gasteiger partial charge in [-0.05, 0) is 31.5 Å². The number of nitrogens with zero attached hydrogens (tertiary/aromatic N) is 2. The molecule has 0 saturated carbocycles. The standard InChI is InChI=1S/C15H18F2N2O2/c1-9(2)19-15(14(21-3)8-18-19)13(20)7-10-4-5-11(16)12(17)6-10/h4-6,8-9,13,20H,7H2,1-3H3. The van der Waals surface area contributed by atoms with Crippen molar-refractivity contribution in [1.29, 1.82) is 0 Å². The van der Waals surface area contributed by atoms with Gasteiger partial charge in [0.05, 0.1) is 13.3 Å². The van der Waals surface area contributed by atoms with Gasteiger partial charge in [0, 0.05) is 12.5 Å². The summed E-state index contributed by atoms with van der Waals surface area (Å²) in [5, 5.41) is 14.6. The molecule has 0 aliphatic carbocycles. The summed E-state index contributed by atoms with van der Waals surface area (Å²) < 4.78 is 33.0. The van der Waals surface area contributed by atoms with Gasteiger partial charge in [-0.2, -0.15) is 5.10 Å².